The van der Waals surface area contributed by atoms with Crippen LogP contribution in [0.4, 0.5) is 0 Å². The van der Waals surface area contributed by atoms with E-state index in [-0.39, 0.29) is 11.8 Å². The Kier molecular flexibility index (Phi) is 2.90. The third kappa shape index (κ3) is 2.12. The molecule has 1 fully saturated rings. The zero-order valence-corrected chi connectivity index (χ0v) is 8.82. The SMILES string of the molecule is COc1ccccc1CC1CCNC1=O. The molecule has 80 valence electrons. The van der Waals surface area contributed by atoms with Gasteiger partial charge in [0.1, 0.15) is 5.75 Å². The summed E-state index contributed by atoms with van der Waals surface area (Å²) < 4.78 is 5.26. The predicted molar refractivity (Wildman–Crippen MR) is 57.8 cm³/mol. The van der Waals surface area contributed by atoms with Crippen molar-refractivity contribution in [2.24, 2.45) is 5.92 Å². The van der Waals surface area contributed by atoms with Gasteiger partial charge in [0.25, 0.3) is 0 Å². The fraction of sp³-hybridized carbons (Fsp3) is 0.417. The lowest BCUT2D eigenvalue weighted by Crippen LogP contribution is -2.20. The molecule has 0 spiro atoms. The highest BCUT2D eigenvalue weighted by atomic mass is 16.5. The molecule has 1 aromatic carbocycles. The monoisotopic (exact) mass is 205 g/mol. The molecule has 1 N–H and O–H groups in total. The molecule has 1 aromatic rings. The number of hydrogen-bond acceptors (Lipinski definition) is 2. The lowest BCUT2D eigenvalue weighted by molar-refractivity contribution is -0.122. The van der Waals surface area contributed by atoms with Crippen LogP contribution in [-0.2, 0) is 11.2 Å². The second kappa shape index (κ2) is 4.34. The van der Waals surface area contributed by atoms with Crippen molar-refractivity contribution in [3.8, 4) is 5.75 Å². The maximum absolute atomic E-state index is 11.4. The number of hydrogen-bond donors (Lipinski definition) is 1. The summed E-state index contributed by atoms with van der Waals surface area (Å²) in [6.07, 6.45) is 1.70. The van der Waals surface area contributed by atoms with Crippen LogP contribution in [0, 0.1) is 5.92 Å². The second-order valence-corrected chi connectivity index (χ2v) is 3.79. The number of carbonyl (C=O) groups is 1. The Morgan fingerprint density at radius 3 is 2.93 bits per heavy atom. The van der Waals surface area contributed by atoms with E-state index in [0.29, 0.717) is 0 Å². The Morgan fingerprint density at radius 2 is 2.27 bits per heavy atom. The number of rotatable bonds is 3. The Balaban J connectivity index is 2.12. The van der Waals surface area contributed by atoms with Crippen LogP contribution in [0.5, 0.6) is 5.75 Å². The fourth-order valence-corrected chi connectivity index (χ4v) is 1.98. The molecule has 1 atom stereocenters. The molecule has 1 unspecified atom stereocenters. The van der Waals surface area contributed by atoms with Gasteiger partial charge >= 0.3 is 0 Å². The van der Waals surface area contributed by atoms with E-state index in [1.165, 1.54) is 0 Å². The van der Waals surface area contributed by atoms with Crippen LogP contribution in [0.1, 0.15) is 12.0 Å². The molecule has 1 aliphatic rings. The summed E-state index contributed by atoms with van der Waals surface area (Å²) in [6, 6.07) is 7.87. The molecule has 1 heterocycles. The summed E-state index contributed by atoms with van der Waals surface area (Å²) in [5.41, 5.74) is 1.11. The van der Waals surface area contributed by atoms with Crippen LogP contribution >= 0.6 is 0 Å². The highest BCUT2D eigenvalue weighted by Crippen LogP contribution is 2.23. The number of amides is 1. The first kappa shape index (κ1) is 10.0. The predicted octanol–water partition coefficient (Wildman–Crippen LogP) is 1.37. The zero-order valence-electron chi connectivity index (χ0n) is 8.82. The van der Waals surface area contributed by atoms with Gasteiger partial charge in [-0.15, -0.1) is 0 Å². The number of para-hydroxylation sites is 1. The van der Waals surface area contributed by atoms with Gasteiger partial charge < -0.3 is 10.1 Å². The van der Waals surface area contributed by atoms with Gasteiger partial charge in [-0.05, 0) is 24.5 Å². The smallest absolute Gasteiger partial charge is 0.223 e. The van der Waals surface area contributed by atoms with Crippen molar-refractivity contribution in [2.45, 2.75) is 12.8 Å². The molecule has 1 saturated heterocycles. The van der Waals surface area contributed by atoms with Crippen LogP contribution in [-0.4, -0.2) is 19.6 Å². The van der Waals surface area contributed by atoms with Crippen LogP contribution in [0.2, 0.25) is 0 Å². The van der Waals surface area contributed by atoms with Crippen molar-refractivity contribution < 1.29 is 9.53 Å². The molecule has 1 amide bonds. The van der Waals surface area contributed by atoms with Crippen molar-refractivity contribution >= 4 is 5.91 Å². The molecule has 3 heteroatoms. The average Bonchev–Trinajstić information content (AvgIpc) is 2.65. The van der Waals surface area contributed by atoms with Crippen molar-refractivity contribution in [3.63, 3.8) is 0 Å². The van der Waals surface area contributed by atoms with Gasteiger partial charge in [-0.1, -0.05) is 18.2 Å². The Morgan fingerprint density at radius 1 is 1.47 bits per heavy atom. The van der Waals surface area contributed by atoms with E-state index < -0.39 is 0 Å². The first-order chi connectivity index (χ1) is 7.31. The minimum atomic E-state index is 0.112. The number of nitrogens with one attached hydrogen (secondary N) is 1. The van der Waals surface area contributed by atoms with Crippen molar-refractivity contribution in [1.29, 1.82) is 0 Å². The molecule has 0 bridgehead atoms. The maximum Gasteiger partial charge on any atom is 0.223 e. The fourth-order valence-electron chi connectivity index (χ4n) is 1.98. The Hall–Kier alpha value is -1.51. The van der Waals surface area contributed by atoms with Gasteiger partial charge in [-0.25, -0.2) is 0 Å². The molecule has 0 saturated carbocycles. The van der Waals surface area contributed by atoms with E-state index in [1.54, 1.807) is 7.11 Å². The average molecular weight is 205 g/mol. The third-order valence-electron chi connectivity index (χ3n) is 2.82. The number of ether oxygens (including phenoxy) is 1. The molecular formula is C12H15NO2. The van der Waals surface area contributed by atoms with Gasteiger partial charge in [0, 0.05) is 12.5 Å². The number of benzene rings is 1. The molecule has 0 aliphatic carbocycles. The van der Waals surface area contributed by atoms with E-state index in [0.717, 1.165) is 30.7 Å². The van der Waals surface area contributed by atoms with E-state index in [2.05, 4.69) is 5.32 Å². The summed E-state index contributed by atoms with van der Waals surface area (Å²) >= 11 is 0. The highest BCUT2D eigenvalue weighted by molar-refractivity contribution is 5.80. The first-order valence-electron chi connectivity index (χ1n) is 5.21. The molecule has 3 nitrogen and oxygen atoms in total. The Bertz CT molecular complexity index is 362. The lowest BCUT2D eigenvalue weighted by Gasteiger charge is -2.10. The summed E-state index contributed by atoms with van der Waals surface area (Å²) in [5.74, 6) is 1.15. The maximum atomic E-state index is 11.4. The minimum absolute atomic E-state index is 0.112. The zero-order chi connectivity index (χ0) is 10.7. The van der Waals surface area contributed by atoms with Crippen molar-refractivity contribution in [3.05, 3.63) is 29.8 Å². The van der Waals surface area contributed by atoms with Crippen LogP contribution in [0.25, 0.3) is 0 Å². The van der Waals surface area contributed by atoms with Gasteiger partial charge in [-0.3, -0.25) is 4.79 Å². The summed E-state index contributed by atoms with van der Waals surface area (Å²) in [5, 5.41) is 2.85. The van der Waals surface area contributed by atoms with Crippen molar-refractivity contribution in [2.75, 3.05) is 13.7 Å². The highest BCUT2D eigenvalue weighted by Gasteiger charge is 2.24. The largest absolute Gasteiger partial charge is 0.496 e. The first-order valence-corrected chi connectivity index (χ1v) is 5.21. The van der Waals surface area contributed by atoms with E-state index in [4.69, 9.17) is 4.74 Å². The van der Waals surface area contributed by atoms with Crippen LogP contribution in [0.3, 0.4) is 0 Å². The van der Waals surface area contributed by atoms with Gasteiger partial charge in [0.15, 0.2) is 0 Å². The topological polar surface area (TPSA) is 38.3 Å². The third-order valence-corrected chi connectivity index (χ3v) is 2.82. The minimum Gasteiger partial charge on any atom is -0.496 e. The van der Waals surface area contributed by atoms with Crippen LogP contribution in [0.15, 0.2) is 24.3 Å². The summed E-state index contributed by atoms with van der Waals surface area (Å²) in [4.78, 5) is 11.4. The van der Waals surface area contributed by atoms with Gasteiger partial charge in [0.05, 0.1) is 7.11 Å². The van der Waals surface area contributed by atoms with E-state index in [9.17, 15) is 4.79 Å². The standard InChI is InChI=1S/C12H15NO2/c1-15-11-5-3-2-4-9(11)8-10-6-7-13-12(10)14/h2-5,10H,6-8H2,1H3,(H,13,14). The second-order valence-electron chi connectivity index (χ2n) is 3.79. The number of methoxy groups -OCH3 is 1. The molecule has 15 heavy (non-hydrogen) atoms. The van der Waals surface area contributed by atoms with Crippen LogP contribution < -0.4 is 10.1 Å². The van der Waals surface area contributed by atoms with E-state index >= 15 is 0 Å². The number of carbonyl (C=O) groups excluding carboxylic acids is 1. The molecular weight excluding hydrogens is 190 g/mol. The van der Waals surface area contributed by atoms with Gasteiger partial charge in [0.2, 0.25) is 5.91 Å². The molecule has 0 aromatic heterocycles. The Labute approximate surface area is 89.4 Å². The van der Waals surface area contributed by atoms with E-state index in [1.807, 2.05) is 24.3 Å². The quantitative estimate of drug-likeness (QED) is 0.809. The summed E-state index contributed by atoms with van der Waals surface area (Å²) in [7, 11) is 1.66. The van der Waals surface area contributed by atoms with Gasteiger partial charge in [-0.2, -0.15) is 0 Å². The lowest BCUT2D eigenvalue weighted by atomic mass is 9.97. The summed E-state index contributed by atoms with van der Waals surface area (Å²) in [6.45, 7) is 0.804. The molecule has 2 rings (SSSR count). The molecule has 1 aliphatic heterocycles. The normalized spacial score (nSPS) is 20.1. The van der Waals surface area contributed by atoms with Crippen molar-refractivity contribution in [1.82, 2.24) is 5.32 Å². The molecule has 0 radical (unpaired) electrons.